The Morgan fingerprint density at radius 3 is 2.86 bits per heavy atom. The van der Waals surface area contributed by atoms with E-state index in [9.17, 15) is 9.90 Å². The molecule has 1 aromatic heterocycles. The van der Waals surface area contributed by atoms with E-state index in [0.717, 1.165) is 18.4 Å². The third-order valence-corrected chi connectivity index (χ3v) is 4.57. The minimum Gasteiger partial charge on any atom is -0.391 e. The van der Waals surface area contributed by atoms with Crippen molar-refractivity contribution in [2.45, 2.75) is 37.8 Å². The first kappa shape index (κ1) is 14.5. The van der Waals surface area contributed by atoms with Crippen LogP contribution in [0.1, 0.15) is 24.8 Å². The first-order valence-corrected chi connectivity index (χ1v) is 7.69. The number of carbonyl (C=O) groups is 1. The zero-order valence-electron chi connectivity index (χ0n) is 12.4. The van der Waals surface area contributed by atoms with Crippen LogP contribution in [0.15, 0.2) is 12.4 Å². The van der Waals surface area contributed by atoms with Gasteiger partial charge in [-0.05, 0) is 31.2 Å². The normalized spacial score (nSPS) is 27.2. The Labute approximate surface area is 124 Å². The number of aryl methyl sites for hydroxylation is 1. The molecular formula is C15H23N3O3. The van der Waals surface area contributed by atoms with Gasteiger partial charge in [-0.3, -0.25) is 9.48 Å². The van der Waals surface area contributed by atoms with E-state index in [4.69, 9.17) is 4.74 Å². The number of rotatable bonds is 3. The van der Waals surface area contributed by atoms with Gasteiger partial charge in [0.1, 0.15) is 0 Å². The van der Waals surface area contributed by atoms with E-state index in [-0.39, 0.29) is 17.9 Å². The topological polar surface area (TPSA) is 67.6 Å². The van der Waals surface area contributed by atoms with Crippen LogP contribution >= 0.6 is 0 Å². The molecule has 0 radical (unpaired) electrons. The number of nitrogens with zero attached hydrogens (tertiary/aromatic N) is 3. The summed E-state index contributed by atoms with van der Waals surface area (Å²) in [5.41, 5.74) is 1.06. The number of amides is 1. The molecule has 1 aromatic rings. The summed E-state index contributed by atoms with van der Waals surface area (Å²) < 4.78 is 7.08. The molecule has 0 aliphatic carbocycles. The number of aliphatic hydroxyl groups is 1. The van der Waals surface area contributed by atoms with E-state index in [1.165, 1.54) is 0 Å². The summed E-state index contributed by atoms with van der Waals surface area (Å²) in [6, 6.07) is -0.121. The molecule has 2 aliphatic heterocycles. The Balaban J connectivity index is 1.69. The van der Waals surface area contributed by atoms with Crippen LogP contribution in [0, 0.1) is 5.92 Å². The first-order valence-electron chi connectivity index (χ1n) is 7.69. The van der Waals surface area contributed by atoms with Crippen LogP contribution in [-0.4, -0.2) is 57.6 Å². The molecule has 3 heterocycles. The summed E-state index contributed by atoms with van der Waals surface area (Å²) in [7, 11) is 1.87. The summed E-state index contributed by atoms with van der Waals surface area (Å²) in [6.07, 6.45) is 6.25. The van der Waals surface area contributed by atoms with Gasteiger partial charge in [-0.15, -0.1) is 0 Å². The highest BCUT2D eigenvalue weighted by atomic mass is 16.5. The smallest absolute Gasteiger partial charge is 0.226 e. The van der Waals surface area contributed by atoms with Gasteiger partial charge in [0.15, 0.2) is 0 Å². The summed E-state index contributed by atoms with van der Waals surface area (Å²) in [6.45, 7) is 1.99. The predicted octanol–water partition coefficient (Wildman–Crippen LogP) is 0.351. The van der Waals surface area contributed by atoms with Gasteiger partial charge in [-0.2, -0.15) is 5.10 Å². The molecule has 116 valence electrons. The van der Waals surface area contributed by atoms with Crippen molar-refractivity contribution in [3.05, 3.63) is 18.0 Å². The SMILES string of the molecule is Cn1cc(C[C@@H]2[C@H](O)CCN2C(=O)C2CCOCC2)cn1. The zero-order valence-corrected chi connectivity index (χ0v) is 12.4. The largest absolute Gasteiger partial charge is 0.391 e. The van der Waals surface area contributed by atoms with Gasteiger partial charge in [0, 0.05) is 38.9 Å². The van der Waals surface area contributed by atoms with E-state index in [0.29, 0.717) is 32.6 Å². The van der Waals surface area contributed by atoms with Crippen molar-refractivity contribution in [2.24, 2.45) is 13.0 Å². The van der Waals surface area contributed by atoms with Crippen LogP contribution in [0.5, 0.6) is 0 Å². The molecule has 2 fully saturated rings. The lowest BCUT2D eigenvalue weighted by atomic mass is 9.97. The van der Waals surface area contributed by atoms with Crippen LogP contribution < -0.4 is 0 Å². The second-order valence-corrected chi connectivity index (χ2v) is 6.07. The molecule has 2 saturated heterocycles. The van der Waals surface area contributed by atoms with Crippen LogP contribution in [-0.2, 0) is 23.0 Å². The monoisotopic (exact) mass is 293 g/mol. The summed E-state index contributed by atoms with van der Waals surface area (Å²) in [5.74, 6) is 0.240. The van der Waals surface area contributed by atoms with Gasteiger partial charge < -0.3 is 14.7 Å². The van der Waals surface area contributed by atoms with E-state index < -0.39 is 6.10 Å². The number of aliphatic hydroxyl groups excluding tert-OH is 1. The number of hydrogen-bond acceptors (Lipinski definition) is 4. The fraction of sp³-hybridized carbons (Fsp3) is 0.733. The average molecular weight is 293 g/mol. The molecule has 0 unspecified atom stereocenters. The minimum atomic E-state index is -0.436. The maximum absolute atomic E-state index is 12.7. The van der Waals surface area contributed by atoms with Crippen LogP contribution in [0.25, 0.3) is 0 Å². The molecule has 2 atom stereocenters. The highest BCUT2D eigenvalue weighted by molar-refractivity contribution is 5.79. The fourth-order valence-electron chi connectivity index (χ4n) is 3.35. The van der Waals surface area contributed by atoms with Crippen LogP contribution in [0.4, 0.5) is 0 Å². The summed E-state index contributed by atoms with van der Waals surface area (Å²) in [4.78, 5) is 14.6. The zero-order chi connectivity index (χ0) is 14.8. The second-order valence-electron chi connectivity index (χ2n) is 6.07. The lowest BCUT2D eigenvalue weighted by Crippen LogP contribution is -2.45. The van der Waals surface area contributed by atoms with E-state index in [1.54, 1.807) is 4.68 Å². The molecule has 1 amide bonds. The maximum Gasteiger partial charge on any atom is 0.226 e. The molecule has 0 bridgehead atoms. The van der Waals surface area contributed by atoms with Crippen molar-refractivity contribution >= 4 is 5.91 Å². The standard InChI is InChI=1S/C15H23N3O3/c1-17-10-11(9-16-17)8-13-14(19)2-5-18(13)15(20)12-3-6-21-7-4-12/h9-10,12-14,19H,2-8H2,1H3/t13-,14-/m1/s1. The number of likely N-dealkylation sites (tertiary alicyclic amines) is 1. The van der Waals surface area contributed by atoms with Crippen molar-refractivity contribution in [1.82, 2.24) is 14.7 Å². The maximum atomic E-state index is 12.7. The third kappa shape index (κ3) is 3.11. The number of ether oxygens (including phenoxy) is 1. The van der Waals surface area contributed by atoms with Gasteiger partial charge in [0.2, 0.25) is 5.91 Å². The molecule has 6 nitrogen and oxygen atoms in total. The Morgan fingerprint density at radius 2 is 2.19 bits per heavy atom. The summed E-state index contributed by atoms with van der Waals surface area (Å²) in [5, 5.41) is 14.4. The molecule has 6 heteroatoms. The number of aromatic nitrogens is 2. The number of hydrogen-bond donors (Lipinski definition) is 1. The Morgan fingerprint density at radius 1 is 1.43 bits per heavy atom. The average Bonchev–Trinajstić information content (AvgIpc) is 3.07. The van der Waals surface area contributed by atoms with Crippen molar-refractivity contribution in [2.75, 3.05) is 19.8 Å². The van der Waals surface area contributed by atoms with Crippen molar-refractivity contribution < 1.29 is 14.6 Å². The molecular weight excluding hydrogens is 270 g/mol. The quantitative estimate of drug-likeness (QED) is 0.873. The fourth-order valence-corrected chi connectivity index (χ4v) is 3.35. The van der Waals surface area contributed by atoms with Crippen molar-refractivity contribution in [1.29, 1.82) is 0 Å². The molecule has 3 rings (SSSR count). The Bertz CT molecular complexity index is 496. The lowest BCUT2D eigenvalue weighted by molar-refractivity contribution is -0.140. The molecule has 1 N–H and O–H groups in total. The van der Waals surface area contributed by atoms with Gasteiger partial charge >= 0.3 is 0 Å². The van der Waals surface area contributed by atoms with Gasteiger partial charge in [-0.25, -0.2) is 0 Å². The van der Waals surface area contributed by atoms with E-state index in [2.05, 4.69) is 5.10 Å². The molecule has 0 aromatic carbocycles. The molecule has 21 heavy (non-hydrogen) atoms. The van der Waals surface area contributed by atoms with Crippen molar-refractivity contribution in [3.63, 3.8) is 0 Å². The van der Waals surface area contributed by atoms with Gasteiger partial charge in [0.25, 0.3) is 0 Å². The third-order valence-electron chi connectivity index (χ3n) is 4.57. The second kappa shape index (κ2) is 6.15. The summed E-state index contributed by atoms with van der Waals surface area (Å²) >= 11 is 0. The lowest BCUT2D eigenvalue weighted by Gasteiger charge is -2.31. The Hall–Kier alpha value is -1.40. The molecule has 0 spiro atoms. The highest BCUT2D eigenvalue weighted by Crippen LogP contribution is 2.26. The van der Waals surface area contributed by atoms with Gasteiger partial charge in [-0.1, -0.05) is 0 Å². The van der Waals surface area contributed by atoms with E-state index >= 15 is 0 Å². The highest BCUT2D eigenvalue weighted by Gasteiger charge is 2.38. The molecule has 2 aliphatic rings. The van der Waals surface area contributed by atoms with Crippen LogP contribution in [0.3, 0.4) is 0 Å². The van der Waals surface area contributed by atoms with Crippen LogP contribution in [0.2, 0.25) is 0 Å². The van der Waals surface area contributed by atoms with Crippen molar-refractivity contribution in [3.8, 4) is 0 Å². The number of carbonyl (C=O) groups excluding carboxylic acids is 1. The first-order chi connectivity index (χ1) is 10.1. The minimum absolute atomic E-state index is 0.0560. The van der Waals surface area contributed by atoms with E-state index in [1.807, 2.05) is 24.3 Å². The molecule has 0 saturated carbocycles. The van der Waals surface area contributed by atoms with Gasteiger partial charge in [0.05, 0.1) is 18.3 Å². The predicted molar refractivity (Wildman–Crippen MR) is 76.6 cm³/mol. The Kier molecular flexibility index (Phi) is 4.26.